The molecule has 2 aromatic rings. The average molecular weight is 302 g/mol. The second-order valence-electron chi connectivity index (χ2n) is 5.29. The van der Waals surface area contributed by atoms with Gasteiger partial charge in [-0.25, -0.2) is 9.97 Å². The second-order valence-corrected chi connectivity index (χ2v) is 5.65. The van der Waals surface area contributed by atoms with Crippen molar-refractivity contribution in [1.29, 1.82) is 0 Å². The third-order valence-electron chi connectivity index (χ3n) is 3.82. The van der Waals surface area contributed by atoms with Gasteiger partial charge in [0.25, 0.3) is 0 Å². The van der Waals surface area contributed by atoms with Crippen LogP contribution >= 0.6 is 11.6 Å². The summed E-state index contributed by atoms with van der Waals surface area (Å²) in [5.41, 5.74) is 3.09. The van der Waals surface area contributed by atoms with Crippen LogP contribution < -0.4 is 5.32 Å². The van der Waals surface area contributed by atoms with Crippen molar-refractivity contribution in [2.24, 2.45) is 0 Å². The summed E-state index contributed by atoms with van der Waals surface area (Å²) < 4.78 is 0. The summed E-state index contributed by atoms with van der Waals surface area (Å²) in [4.78, 5) is 19.5. The van der Waals surface area contributed by atoms with Gasteiger partial charge in [0.1, 0.15) is 16.8 Å². The van der Waals surface area contributed by atoms with Crippen LogP contribution in [0.5, 0.6) is 0 Å². The molecule has 0 radical (unpaired) electrons. The normalized spacial score (nSPS) is 17.1. The molecule has 0 fully saturated rings. The fourth-order valence-electron chi connectivity index (χ4n) is 2.78. The topological polar surface area (TPSA) is 54.9 Å². The highest BCUT2D eigenvalue weighted by atomic mass is 35.5. The molecule has 0 amide bonds. The lowest BCUT2D eigenvalue weighted by atomic mass is 9.88. The summed E-state index contributed by atoms with van der Waals surface area (Å²) in [6.45, 7) is 1.77. The Morgan fingerprint density at radius 3 is 2.81 bits per heavy atom. The lowest BCUT2D eigenvalue weighted by molar-refractivity contribution is 0.112. The van der Waals surface area contributed by atoms with E-state index in [1.807, 2.05) is 0 Å². The molecule has 0 saturated carbocycles. The first-order valence-corrected chi connectivity index (χ1v) is 7.38. The fraction of sp³-hybridized carbons (Fsp3) is 0.312. The van der Waals surface area contributed by atoms with E-state index in [1.165, 1.54) is 11.1 Å². The number of hydrogen-bond donors (Lipinski definition) is 1. The van der Waals surface area contributed by atoms with Crippen molar-refractivity contribution >= 4 is 23.7 Å². The maximum Gasteiger partial charge on any atom is 0.156 e. The molecule has 0 aliphatic heterocycles. The molecule has 4 nitrogen and oxygen atoms in total. The average Bonchev–Trinajstić information content (AvgIpc) is 2.47. The predicted molar refractivity (Wildman–Crippen MR) is 83.0 cm³/mol. The number of aldehydes is 1. The van der Waals surface area contributed by atoms with Crippen molar-refractivity contribution in [2.75, 3.05) is 5.32 Å². The Morgan fingerprint density at radius 2 is 2.05 bits per heavy atom. The Bertz CT molecular complexity index is 687. The molecule has 5 heteroatoms. The smallest absolute Gasteiger partial charge is 0.156 e. The van der Waals surface area contributed by atoms with Gasteiger partial charge in [-0.3, -0.25) is 4.79 Å². The number of rotatable bonds is 3. The minimum absolute atomic E-state index is 0.205. The highest BCUT2D eigenvalue weighted by Gasteiger charge is 2.20. The van der Waals surface area contributed by atoms with E-state index in [0.29, 0.717) is 23.5 Å². The quantitative estimate of drug-likeness (QED) is 0.698. The number of fused-ring (bicyclic) bond motifs is 1. The van der Waals surface area contributed by atoms with E-state index < -0.39 is 0 Å². The van der Waals surface area contributed by atoms with Gasteiger partial charge in [0.05, 0.1) is 5.56 Å². The number of benzene rings is 1. The van der Waals surface area contributed by atoms with Crippen LogP contribution in [0.3, 0.4) is 0 Å². The van der Waals surface area contributed by atoms with E-state index in [9.17, 15) is 4.79 Å². The van der Waals surface area contributed by atoms with Crippen LogP contribution in [-0.2, 0) is 12.8 Å². The Morgan fingerprint density at radius 1 is 1.29 bits per heavy atom. The first-order valence-electron chi connectivity index (χ1n) is 7.00. The van der Waals surface area contributed by atoms with Gasteiger partial charge in [0.2, 0.25) is 0 Å². The summed E-state index contributed by atoms with van der Waals surface area (Å²) in [5.74, 6) is 1.09. The minimum Gasteiger partial charge on any atom is -0.366 e. The highest BCUT2D eigenvalue weighted by Crippen LogP contribution is 2.25. The number of nitrogens with one attached hydrogen (secondary N) is 1. The van der Waals surface area contributed by atoms with Gasteiger partial charge in [-0.2, -0.15) is 0 Å². The predicted octanol–water partition coefficient (Wildman–Crippen LogP) is 3.22. The van der Waals surface area contributed by atoms with Gasteiger partial charge < -0.3 is 5.32 Å². The highest BCUT2D eigenvalue weighted by molar-refractivity contribution is 6.32. The van der Waals surface area contributed by atoms with E-state index in [0.717, 1.165) is 19.3 Å². The third kappa shape index (κ3) is 2.90. The molecule has 0 saturated heterocycles. The fourth-order valence-corrected chi connectivity index (χ4v) is 3.03. The molecule has 1 aromatic carbocycles. The Labute approximate surface area is 128 Å². The lowest BCUT2D eigenvalue weighted by Gasteiger charge is -2.26. The molecule has 1 aliphatic rings. The van der Waals surface area contributed by atoms with Crippen LogP contribution in [-0.4, -0.2) is 22.3 Å². The summed E-state index contributed by atoms with van der Waals surface area (Å²) in [6, 6.07) is 8.72. The molecule has 1 aliphatic carbocycles. The van der Waals surface area contributed by atoms with Crippen LogP contribution in [0.25, 0.3) is 0 Å². The number of hydrogen-bond acceptors (Lipinski definition) is 4. The molecular weight excluding hydrogens is 286 g/mol. The van der Waals surface area contributed by atoms with E-state index >= 15 is 0 Å². The molecule has 1 unspecified atom stereocenters. The molecular formula is C16H16ClN3O. The zero-order chi connectivity index (χ0) is 14.8. The molecule has 21 heavy (non-hydrogen) atoms. The number of aromatic nitrogens is 2. The molecule has 1 atom stereocenters. The van der Waals surface area contributed by atoms with Crippen molar-refractivity contribution < 1.29 is 4.79 Å². The van der Waals surface area contributed by atoms with Crippen molar-refractivity contribution in [2.45, 2.75) is 32.2 Å². The van der Waals surface area contributed by atoms with Crippen LogP contribution in [0.1, 0.15) is 33.7 Å². The second kappa shape index (κ2) is 5.82. The number of carbonyl (C=O) groups excluding carboxylic acids is 1. The zero-order valence-electron chi connectivity index (χ0n) is 11.8. The van der Waals surface area contributed by atoms with Crippen LogP contribution in [0.2, 0.25) is 5.15 Å². The summed E-state index contributed by atoms with van der Waals surface area (Å²) in [7, 11) is 0. The number of nitrogens with zero attached hydrogens (tertiary/aromatic N) is 2. The summed E-state index contributed by atoms with van der Waals surface area (Å²) in [6.07, 6.45) is 3.67. The summed E-state index contributed by atoms with van der Waals surface area (Å²) in [5, 5.41) is 3.56. The van der Waals surface area contributed by atoms with Gasteiger partial charge in [-0.15, -0.1) is 0 Å². The zero-order valence-corrected chi connectivity index (χ0v) is 12.5. The van der Waals surface area contributed by atoms with Gasteiger partial charge in [0.15, 0.2) is 6.29 Å². The van der Waals surface area contributed by atoms with Crippen molar-refractivity contribution in [1.82, 2.24) is 9.97 Å². The maximum absolute atomic E-state index is 11.2. The first-order chi connectivity index (χ1) is 10.2. The molecule has 1 aromatic heterocycles. The van der Waals surface area contributed by atoms with Gasteiger partial charge in [-0.05, 0) is 37.3 Å². The third-order valence-corrected chi connectivity index (χ3v) is 4.10. The Kier molecular flexibility index (Phi) is 3.88. The number of aryl methyl sites for hydroxylation is 2. The van der Waals surface area contributed by atoms with Crippen molar-refractivity contribution in [3.8, 4) is 0 Å². The minimum atomic E-state index is 0.205. The number of halogens is 1. The first kappa shape index (κ1) is 14.0. The SMILES string of the molecule is Cc1nc(Cl)c(C=O)c(NC2CCc3ccccc3C2)n1. The molecule has 0 spiro atoms. The number of carbonyl (C=O) groups is 1. The van der Waals surface area contributed by atoms with Gasteiger partial charge in [-0.1, -0.05) is 35.9 Å². The van der Waals surface area contributed by atoms with Crippen LogP contribution in [0, 0.1) is 6.92 Å². The molecule has 1 heterocycles. The van der Waals surface area contributed by atoms with Crippen LogP contribution in [0.15, 0.2) is 24.3 Å². The monoisotopic (exact) mass is 301 g/mol. The Hall–Kier alpha value is -1.94. The molecule has 1 N–H and O–H groups in total. The maximum atomic E-state index is 11.2. The van der Waals surface area contributed by atoms with E-state index in [1.54, 1.807) is 6.92 Å². The van der Waals surface area contributed by atoms with Gasteiger partial charge in [0, 0.05) is 6.04 Å². The van der Waals surface area contributed by atoms with Crippen molar-refractivity contribution in [3.63, 3.8) is 0 Å². The standard InChI is InChI=1S/C16H16ClN3O/c1-10-18-15(17)14(9-21)16(19-10)20-13-7-6-11-4-2-3-5-12(11)8-13/h2-5,9,13H,6-8H2,1H3,(H,18,19,20). The van der Waals surface area contributed by atoms with Crippen molar-refractivity contribution in [3.05, 3.63) is 51.9 Å². The molecule has 0 bridgehead atoms. The Balaban J connectivity index is 1.84. The van der Waals surface area contributed by atoms with E-state index in [-0.39, 0.29) is 11.2 Å². The van der Waals surface area contributed by atoms with E-state index in [4.69, 9.17) is 11.6 Å². The summed E-state index contributed by atoms with van der Waals surface area (Å²) >= 11 is 6.01. The largest absolute Gasteiger partial charge is 0.366 e. The lowest BCUT2D eigenvalue weighted by Crippen LogP contribution is -2.28. The van der Waals surface area contributed by atoms with Gasteiger partial charge >= 0.3 is 0 Å². The van der Waals surface area contributed by atoms with Crippen LogP contribution in [0.4, 0.5) is 5.82 Å². The molecule has 3 rings (SSSR count). The molecule has 108 valence electrons. The van der Waals surface area contributed by atoms with E-state index in [2.05, 4.69) is 39.6 Å². The number of anilines is 1.